The molecule has 1 aliphatic carbocycles. The summed E-state index contributed by atoms with van der Waals surface area (Å²) in [7, 11) is 3.13. The van der Waals surface area contributed by atoms with Crippen LogP contribution >= 0.6 is 11.6 Å². The predicted octanol–water partition coefficient (Wildman–Crippen LogP) is 6.48. The third-order valence-corrected chi connectivity index (χ3v) is 6.00. The Morgan fingerprint density at radius 1 is 1.09 bits per heavy atom. The van der Waals surface area contributed by atoms with Crippen molar-refractivity contribution in [1.82, 2.24) is 4.98 Å². The zero-order valence-electron chi connectivity index (χ0n) is 19.2. The number of pyridine rings is 1. The molecule has 2 aromatic carbocycles. The van der Waals surface area contributed by atoms with E-state index in [1.807, 2.05) is 30.3 Å². The van der Waals surface area contributed by atoms with Crippen LogP contribution < -0.4 is 21.1 Å². The number of halogens is 2. The largest absolute Gasteiger partial charge is 0.495 e. The minimum Gasteiger partial charge on any atom is -0.495 e. The van der Waals surface area contributed by atoms with Crippen molar-refractivity contribution >= 4 is 23.1 Å². The van der Waals surface area contributed by atoms with Gasteiger partial charge in [0.15, 0.2) is 0 Å². The van der Waals surface area contributed by atoms with E-state index in [4.69, 9.17) is 16.3 Å². The lowest BCUT2D eigenvalue weighted by atomic mass is 9.95. The zero-order valence-corrected chi connectivity index (χ0v) is 20.0. The summed E-state index contributed by atoms with van der Waals surface area (Å²) in [5.41, 5.74) is 8.04. The van der Waals surface area contributed by atoms with Crippen LogP contribution in [0.3, 0.4) is 0 Å². The van der Waals surface area contributed by atoms with E-state index in [0.29, 0.717) is 23.4 Å². The van der Waals surface area contributed by atoms with E-state index >= 15 is 0 Å². The molecule has 0 bridgehead atoms. The van der Waals surface area contributed by atoms with Crippen molar-refractivity contribution in [2.24, 2.45) is 5.73 Å². The Morgan fingerprint density at radius 2 is 1.88 bits per heavy atom. The predicted molar refractivity (Wildman–Crippen MR) is 136 cm³/mol. The normalized spacial score (nSPS) is 13.6. The molecule has 0 saturated heterocycles. The summed E-state index contributed by atoms with van der Waals surface area (Å²) in [6.07, 6.45) is 7.89. The van der Waals surface area contributed by atoms with E-state index in [1.165, 1.54) is 51.3 Å². The molecule has 1 aliphatic rings. The van der Waals surface area contributed by atoms with Gasteiger partial charge in [-0.3, -0.25) is 0 Å². The molecule has 3 aromatic rings. The van der Waals surface area contributed by atoms with Gasteiger partial charge in [-0.2, -0.15) is 0 Å². The van der Waals surface area contributed by atoms with Gasteiger partial charge in [0, 0.05) is 24.3 Å². The Hall–Kier alpha value is -2.83. The lowest BCUT2D eigenvalue weighted by molar-refractivity contribution is 0.416. The van der Waals surface area contributed by atoms with Crippen LogP contribution in [-0.2, 0) is 6.54 Å². The number of nitrogens with zero attached hydrogens (tertiary/aromatic N) is 1. The molecule has 0 amide bonds. The van der Waals surface area contributed by atoms with Crippen molar-refractivity contribution in [3.05, 3.63) is 71.1 Å². The van der Waals surface area contributed by atoms with Crippen molar-refractivity contribution in [1.29, 1.82) is 0 Å². The minimum absolute atomic E-state index is 0.249. The van der Waals surface area contributed by atoms with Crippen molar-refractivity contribution in [3.8, 4) is 16.9 Å². The highest BCUT2D eigenvalue weighted by Crippen LogP contribution is 2.35. The maximum atomic E-state index is 13.5. The van der Waals surface area contributed by atoms with E-state index < -0.39 is 0 Å². The van der Waals surface area contributed by atoms with E-state index in [1.54, 1.807) is 19.4 Å². The van der Waals surface area contributed by atoms with Crippen LogP contribution in [0, 0.1) is 5.82 Å². The van der Waals surface area contributed by atoms with Crippen LogP contribution in [0.25, 0.3) is 11.1 Å². The van der Waals surface area contributed by atoms with Crippen molar-refractivity contribution in [3.63, 3.8) is 0 Å². The lowest BCUT2D eigenvalue weighted by Crippen LogP contribution is -2.22. The molecule has 0 atom stereocenters. The highest BCUT2D eigenvalue weighted by atomic mass is 35.5. The monoisotopic (exact) mass is 470 g/mol. The number of hydrogen-bond acceptors (Lipinski definition) is 5. The number of ether oxygens (including phenoxy) is 1. The molecular formula is C26H32ClFN4O. The van der Waals surface area contributed by atoms with Gasteiger partial charge in [0.05, 0.1) is 17.8 Å². The average molecular weight is 471 g/mol. The van der Waals surface area contributed by atoms with Crippen LogP contribution in [0.4, 0.5) is 15.9 Å². The molecule has 0 unspecified atom stereocenters. The number of benzene rings is 2. The van der Waals surface area contributed by atoms with E-state index in [0.717, 1.165) is 28.2 Å². The van der Waals surface area contributed by atoms with Gasteiger partial charge in [-0.25, -0.2) is 9.37 Å². The summed E-state index contributed by atoms with van der Waals surface area (Å²) >= 11 is 6.51. The van der Waals surface area contributed by atoms with Gasteiger partial charge in [-0.1, -0.05) is 49.1 Å². The highest BCUT2D eigenvalue weighted by molar-refractivity contribution is 6.33. The number of methoxy groups -OCH3 is 1. The zero-order chi connectivity index (χ0) is 23.6. The molecule has 0 radical (unpaired) electrons. The Morgan fingerprint density at radius 3 is 2.61 bits per heavy atom. The molecule has 5 nitrogen and oxygen atoms in total. The van der Waals surface area contributed by atoms with E-state index in [9.17, 15) is 4.39 Å². The fourth-order valence-corrected chi connectivity index (χ4v) is 4.27. The molecule has 1 saturated carbocycles. The molecule has 1 fully saturated rings. The van der Waals surface area contributed by atoms with Gasteiger partial charge in [0.1, 0.15) is 17.4 Å². The van der Waals surface area contributed by atoms with Crippen molar-refractivity contribution in [2.45, 2.75) is 44.7 Å². The number of nitrogens with one attached hydrogen (secondary N) is 2. The van der Waals surface area contributed by atoms with Gasteiger partial charge >= 0.3 is 0 Å². The van der Waals surface area contributed by atoms with Gasteiger partial charge in [-0.05, 0) is 61.3 Å². The second-order valence-corrected chi connectivity index (χ2v) is 8.33. The Labute approximate surface area is 200 Å². The molecule has 1 heterocycles. The first kappa shape index (κ1) is 24.8. The van der Waals surface area contributed by atoms with Crippen molar-refractivity contribution < 1.29 is 9.13 Å². The first-order chi connectivity index (χ1) is 16.1. The van der Waals surface area contributed by atoms with Crippen LogP contribution in [0.15, 0.2) is 54.7 Å². The highest BCUT2D eigenvalue weighted by Gasteiger charge is 2.15. The Kier molecular flexibility index (Phi) is 9.34. The van der Waals surface area contributed by atoms with Crippen molar-refractivity contribution in [2.75, 3.05) is 24.8 Å². The summed E-state index contributed by atoms with van der Waals surface area (Å²) in [5.74, 6) is 1.31. The molecule has 176 valence electrons. The Balaban J connectivity index is 0.00000149. The maximum Gasteiger partial charge on any atom is 0.141 e. The number of hydrogen-bond donors (Lipinski definition) is 3. The van der Waals surface area contributed by atoms with E-state index in [2.05, 4.69) is 21.4 Å². The fraction of sp³-hybridized carbons (Fsp3) is 0.346. The summed E-state index contributed by atoms with van der Waals surface area (Å²) in [5, 5.41) is 7.51. The van der Waals surface area contributed by atoms with Crippen LogP contribution in [0.5, 0.6) is 5.75 Å². The average Bonchev–Trinajstić information content (AvgIpc) is 2.86. The fourth-order valence-electron chi connectivity index (χ4n) is 4.05. The number of anilines is 2. The van der Waals surface area contributed by atoms with Gasteiger partial charge in [0.25, 0.3) is 0 Å². The smallest absolute Gasteiger partial charge is 0.141 e. The quantitative estimate of drug-likeness (QED) is 0.368. The topological polar surface area (TPSA) is 72.2 Å². The lowest BCUT2D eigenvalue weighted by Gasteiger charge is -2.23. The first-order valence-corrected chi connectivity index (χ1v) is 11.7. The summed E-state index contributed by atoms with van der Waals surface area (Å²) in [6, 6.07) is 14.9. The molecule has 1 aromatic heterocycles. The SMILES string of the molecule is CN.COc1ccc(-c2cc(NC3CCCCC3)ncc2Cl)cc1NCc1cccc(F)c1. The van der Waals surface area contributed by atoms with Crippen LogP contribution in [0.2, 0.25) is 5.02 Å². The molecule has 7 heteroatoms. The number of rotatable bonds is 7. The first-order valence-electron chi connectivity index (χ1n) is 11.3. The van der Waals surface area contributed by atoms with E-state index in [-0.39, 0.29) is 5.82 Å². The van der Waals surface area contributed by atoms with Gasteiger partial charge in [-0.15, -0.1) is 0 Å². The molecule has 33 heavy (non-hydrogen) atoms. The second kappa shape index (κ2) is 12.4. The van der Waals surface area contributed by atoms with Gasteiger partial charge in [0.2, 0.25) is 0 Å². The molecule has 4 N–H and O–H groups in total. The number of aromatic nitrogens is 1. The summed E-state index contributed by atoms with van der Waals surface area (Å²) in [4.78, 5) is 4.48. The van der Waals surface area contributed by atoms with Gasteiger partial charge < -0.3 is 21.1 Å². The standard InChI is InChI=1S/C25H27ClFN3O.CH5N/c1-31-24-11-10-18(13-23(24)28-15-17-6-5-7-19(27)12-17)21-14-25(29-16-22(21)26)30-20-8-3-2-4-9-20;1-2/h5-7,10-14,16,20,28H,2-4,8-9,15H2,1H3,(H,29,30);2H2,1H3. The Bertz CT molecular complexity index is 1040. The van der Waals surface area contributed by atoms with Crippen LogP contribution in [-0.4, -0.2) is 25.2 Å². The molecule has 4 rings (SSSR count). The third-order valence-electron chi connectivity index (χ3n) is 5.69. The maximum absolute atomic E-state index is 13.5. The molecule has 0 aliphatic heterocycles. The minimum atomic E-state index is -0.249. The van der Waals surface area contributed by atoms with Crippen LogP contribution in [0.1, 0.15) is 37.7 Å². The molecular weight excluding hydrogens is 439 g/mol. The molecule has 0 spiro atoms. The summed E-state index contributed by atoms with van der Waals surface area (Å²) < 4.78 is 19.0. The number of nitrogens with two attached hydrogens (primary N) is 1. The summed E-state index contributed by atoms with van der Waals surface area (Å²) in [6.45, 7) is 0.482. The third kappa shape index (κ3) is 6.83. The second-order valence-electron chi connectivity index (χ2n) is 7.93.